The second kappa shape index (κ2) is 6.28. The van der Waals surface area contributed by atoms with E-state index in [1.54, 1.807) is 0 Å². The van der Waals surface area contributed by atoms with Crippen LogP contribution < -0.4 is 0 Å². The number of ether oxygens (including phenoxy) is 3. The van der Waals surface area contributed by atoms with Gasteiger partial charge >= 0.3 is 0 Å². The lowest BCUT2D eigenvalue weighted by Crippen LogP contribution is -2.75. The van der Waals surface area contributed by atoms with Crippen molar-refractivity contribution in [2.75, 3.05) is 19.8 Å². The Kier molecular flexibility index (Phi) is 4.68. The van der Waals surface area contributed by atoms with Crippen LogP contribution in [0.3, 0.4) is 0 Å². The van der Waals surface area contributed by atoms with Crippen molar-refractivity contribution in [1.29, 1.82) is 0 Å². The van der Waals surface area contributed by atoms with Gasteiger partial charge in [-0.3, -0.25) is 0 Å². The molecule has 0 aromatic carbocycles. The maximum atomic E-state index is 7.05. The molecule has 4 fully saturated rings. The van der Waals surface area contributed by atoms with E-state index in [0.29, 0.717) is 0 Å². The second-order valence-electron chi connectivity index (χ2n) is 10.5. The predicted molar refractivity (Wildman–Crippen MR) is 105 cm³/mol. The summed E-state index contributed by atoms with van der Waals surface area (Å²) in [6.07, 6.45) is 8.83. The molecule has 5 heteroatoms. The molecule has 0 radical (unpaired) electrons. The predicted octanol–water partition coefficient (Wildman–Crippen LogP) is 4.82. The highest BCUT2D eigenvalue weighted by Crippen LogP contribution is 2.62. The summed E-state index contributed by atoms with van der Waals surface area (Å²) in [5.74, 6) is 0. The van der Waals surface area contributed by atoms with Crippen LogP contribution in [0.2, 0.25) is 18.1 Å². The largest absolute Gasteiger partial charge is 0.411 e. The van der Waals surface area contributed by atoms with E-state index in [4.69, 9.17) is 18.6 Å². The SMILES string of the molecule is CC(C)(C)[Si](C)(C)O[C@H]1CC[C@@]2(CCCO2)[C@@]2(CCCO2)[C@]12CCCO2. The van der Waals surface area contributed by atoms with Gasteiger partial charge in [-0.05, 0) is 69.5 Å². The van der Waals surface area contributed by atoms with Crippen molar-refractivity contribution >= 4 is 8.32 Å². The van der Waals surface area contributed by atoms with Gasteiger partial charge in [0.1, 0.15) is 16.8 Å². The molecular formula is C21H38O4Si. The molecule has 4 nitrogen and oxygen atoms in total. The van der Waals surface area contributed by atoms with E-state index >= 15 is 0 Å². The normalized spacial score (nSPS) is 44.0. The summed E-state index contributed by atoms with van der Waals surface area (Å²) in [6.45, 7) is 14.3. The molecule has 0 bridgehead atoms. The third-order valence-electron chi connectivity index (χ3n) is 8.17. The second-order valence-corrected chi connectivity index (χ2v) is 15.2. The zero-order valence-electron chi connectivity index (χ0n) is 17.5. The van der Waals surface area contributed by atoms with Gasteiger partial charge in [0, 0.05) is 19.8 Å². The molecule has 1 aliphatic carbocycles. The molecule has 4 aliphatic rings. The Morgan fingerprint density at radius 3 is 2.04 bits per heavy atom. The lowest BCUT2D eigenvalue weighted by Gasteiger charge is -2.61. The summed E-state index contributed by atoms with van der Waals surface area (Å²) < 4.78 is 26.9. The van der Waals surface area contributed by atoms with E-state index in [2.05, 4.69) is 33.9 Å². The van der Waals surface area contributed by atoms with Crippen molar-refractivity contribution in [3.63, 3.8) is 0 Å². The van der Waals surface area contributed by atoms with Crippen LogP contribution in [0.15, 0.2) is 0 Å². The summed E-state index contributed by atoms with van der Waals surface area (Å²) in [7, 11) is -1.88. The fourth-order valence-electron chi connectivity index (χ4n) is 5.91. The van der Waals surface area contributed by atoms with Gasteiger partial charge in [-0.15, -0.1) is 0 Å². The molecule has 3 saturated heterocycles. The zero-order chi connectivity index (χ0) is 18.7. The summed E-state index contributed by atoms with van der Waals surface area (Å²) in [5.41, 5.74) is -0.777. The summed E-state index contributed by atoms with van der Waals surface area (Å²) >= 11 is 0. The van der Waals surface area contributed by atoms with Gasteiger partial charge in [-0.1, -0.05) is 20.8 Å². The van der Waals surface area contributed by atoms with Crippen LogP contribution in [-0.4, -0.2) is 51.0 Å². The van der Waals surface area contributed by atoms with Gasteiger partial charge in [0.05, 0.1) is 6.10 Å². The van der Waals surface area contributed by atoms with Crippen molar-refractivity contribution < 1.29 is 18.6 Å². The van der Waals surface area contributed by atoms with Gasteiger partial charge < -0.3 is 18.6 Å². The van der Waals surface area contributed by atoms with E-state index < -0.39 is 8.32 Å². The molecule has 150 valence electrons. The minimum absolute atomic E-state index is 0.138. The first-order valence-corrected chi connectivity index (χ1v) is 13.7. The zero-order valence-corrected chi connectivity index (χ0v) is 18.5. The van der Waals surface area contributed by atoms with Crippen molar-refractivity contribution in [1.82, 2.24) is 0 Å². The maximum absolute atomic E-state index is 7.05. The first-order chi connectivity index (χ1) is 12.2. The van der Waals surface area contributed by atoms with E-state index in [1.807, 2.05) is 0 Å². The first-order valence-electron chi connectivity index (χ1n) is 10.8. The van der Waals surface area contributed by atoms with Crippen molar-refractivity contribution in [2.24, 2.45) is 0 Å². The van der Waals surface area contributed by atoms with Gasteiger partial charge in [-0.25, -0.2) is 0 Å². The van der Waals surface area contributed by atoms with Crippen LogP contribution in [0, 0.1) is 0 Å². The van der Waals surface area contributed by atoms with E-state index in [0.717, 1.165) is 71.2 Å². The third-order valence-corrected chi connectivity index (χ3v) is 12.7. The molecule has 1 saturated carbocycles. The number of hydrogen-bond acceptors (Lipinski definition) is 4. The molecule has 0 amide bonds. The smallest absolute Gasteiger partial charge is 0.192 e. The molecule has 0 unspecified atom stereocenters. The van der Waals surface area contributed by atoms with Gasteiger partial charge in [-0.2, -0.15) is 0 Å². The van der Waals surface area contributed by atoms with Crippen LogP contribution in [0.4, 0.5) is 0 Å². The topological polar surface area (TPSA) is 36.9 Å². The average molecular weight is 383 g/mol. The highest BCUT2D eigenvalue weighted by molar-refractivity contribution is 6.74. The highest BCUT2D eigenvalue weighted by Gasteiger charge is 2.73. The molecule has 3 aliphatic heterocycles. The Labute approximate surface area is 160 Å². The van der Waals surface area contributed by atoms with Crippen LogP contribution in [0.25, 0.3) is 0 Å². The van der Waals surface area contributed by atoms with E-state index in [9.17, 15) is 0 Å². The van der Waals surface area contributed by atoms with E-state index in [-0.39, 0.29) is 27.9 Å². The van der Waals surface area contributed by atoms with Crippen LogP contribution in [0.5, 0.6) is 0 Å². The molecular weight excluding hydrogens is 344 g/mol. The molecule has 0 N–H and O–H groups in total. The van der Waals surface area contributed by atoms with Gasteiger partial charge in [0.15, 0.2) is 8.32 Å². The van der Waals surface area contributed by atoms with Crippen LogP contribution in [0.1, 0.15) is 72.1 Å². The summed E-state index contributed by atoms with van der Waals surface area (Å²) in [4.78, 5) is 0. The minimum Gasteiger partial charge on any atom is -0.411 e. The lowest BCUT2D eigenvalue weighted by molar-refractivity contribution is -0.301. The molecule has 4 atom stereocenters. The Bertz CT molecular complexity index is 521. The lowest BCUT2D eigenvalue weighted by atomic mass is 9.58. The molecule has 0 aromatic heterocycles. The minimum atomic E-state index is -1.88. The highest BCUT2D eigenvalue weighted by atomic mass is 28.4. The molecule has 3 heterocycles. The average Bonchev–Trinajstić information content (AvgIpc) is 3.28. The molecule has 0 aromatic rings. The van der Waals surface area contributed by atoms with Crippen molar-refractivity contribution in [3.8, 4) is 0 Å². The molecule has 26 heavy (non-hydrogen) atoms. The summed E-state index contributed by atoms with van der Waals surface area (Å²) in [6, 6.07) is 0. The Morgan fingerprint density at radius 1 is 0.846 bits per heavy atom. The Hall–Kier alpha value is 0.0569. The fourth-order valence-corrected chi connectivity index (χ4v) is 7.28. The maximum Gasteiger partial charge on any atom is 0.192 e. The Morgan fingerprint density at radius 2 is 1.50 bits per heavy atom. The van der Waals surface area contributed by atoms with Crippen molar-refractivity contribution in [2.45, 2.75) is 113 Å². The standard InChI is InChI=1S/C21H38O4Si/c1-18(2,3)26(4,5)25-17-9-13-19(10-6-14-22-19)21(12-8-16-24-21)20(17)11-7-15-23-20/h17H,6-16H2,1-5H3/t17-,19-,20-,21-/m0/s1. The first kappa shape index (κ1) is 19.4. The Balaban J connectivity index is 1.74. The quantitative estimate of drug-likeness (QED) is 0.642. The van der Waals surface area contributed by atoms with E-state index in [1.165, 1.54) is 0 Å². The molecule has 4 rings (SSSR count). The molecule has 3 spiro atoms. The van der Waals surface area contributed by atoms with Gasteiger partial charge in [0.2, 0.25) is 0 Å². The number of fused-ring (bicyclic) bond motifs is 2. The third kappa shape index (κ3) is 2.53. The van der Waals surface area contributed by atoms with Crippen molar-refractivity contribution in [3.05, 3.63) is 0 Å². The monoisotopic (exact) mass is 382 g/mol. The number of hydrogen-bond donors (Lipinski definition) is 0. The van der Waals surface area contributed by atoms with Crippen LogP contribution in [-0.2, 0) is 18.6 Å². The fraction of sp³-hybridized carbons (Fsp3) is 1.00. The summed E-state index contributed by atoms with van der Waals surface area (Å²) in [5, 5.41) is 0.204. The van der Waals surface area contributed by atoms with Gasteiger partial charge in [0.25, 0.3) is 0 Å². The van der Waals surface area contributed by atoms with Crippen LogP contribution >= 0.6 is 0 Å². The number of rotatable bonds is 2.